The first-order valence-corrected chi connectivity index (χ1v) is 10.1. The second-order valence-electron chi connectivity index (χ2n) is 6.62. The van der Waals surface area contributed by atoms with Crippen LogP contribution in [0.25, 0.3) is 0 Å². The van der Waals surface area contributed by atoms with Gasteiger partial charge in [-0.1, -0.05) is 0 Å². The molecule has 3 rings (SSSR count). The van der Waals surface area contributed by atoms with E-state index in [1.807, 2.05) is 31.7 Å². The highest BCUT2D eigenvalue weighted by atomic mass is 79.9. The van der Waals surface area contributed by atoms with Crippen molar-refractivity contribution in [1.29, 1.82) is 0 Å². The van der Waals surface area contributed by atoms with E-state index in [0.717, 1.165) is 30.4 Å². The zero-order valence-corrected chi connectivity index (χ0v) is 18.2. The molecule has 1 aromatic heterocycles. The Hall–Kier alpha value is -2.35. The number of aromatic nitrogens is 2. The van der Waals surface area contributed by atoms with E-state index in [1.165, 1.54) is 0 Å². The van der Waals surface area contributed by atoms with Crippen LogP contribution in [0.15, 0.2) is 22.7 Å². The van der Waals surface area contributed by atoms with Crippen LogP contribution in [0.5, 0.6) is 11.5 Å². The van der Waals surface area contributed by atoms with Gasteiger partial charge in [0.1, 0.15) is 11.6 Å². The zero-order valence-electron chi connectivity index (χ0n) is 16.7. The summed E-state index contributed by atoms with van der Waals surface area (Å²) in [4.78, 5) is 25.9. The highest BCUT2D eigenvalue weighted by Gasteiger charge is 2.25. The number of hydrogen-bond acceptors (Lipinski definition) is 6. The third-order valence-electron chi connectivity index (χ3n) is 4.61. The molecule has 8 heteroatoms. The number of rotatable bonds is 5. The first kappa shape index (κ1) is 20.4. The fourth-order valence-corrected chi connectivity index (χ4v) is 3.86. The standard InChI is InChI=1S/C20H25BrN4O3/c1-5-28-19-16(21)11-15(12-17(19)27-4)20(26)25-8-6-24(7-9-25)18-10-13(2)22-14(3)23-18/h10-12H,5-9H2,1-4H3. The van der Waals surface area contributed by atoms with Crippen molar-refractivity contribution >= 4 is 27.7 Å². The van der Waals surface area contributed by atoms with E-state index < -0.39 is 0 Å². The normalized spacial score (nSPS) is 14.2. The van der Waals surface area contributed by atoms with E-state index in [-0.39, 0.29) is 5.91 Å². The average molecular weight is 449 g/mol. The van der Waals surface area contributed by atoms with Gasteiger partial charge >= 0.3 is 0 Å². The van der Waals surface area contributed by atoms with E-state index in [1.54, 1.807) is 19.2 Å². The Bertz CT molecular complexity index is 847. The van der Waals surface area contributed by atoms with Crippen LogP contribution in [0.2, 0.25) is 0 Å². The van der Waals surface area contributed by atoms with Gasteiger partial charge in [0.2, 0.25) is 0 Å². The van der Waals surface area contributed by atoms with Crippen LogP contribution in [0.1, 0.15) is 28.8 Å². The number of carbonyl (C=O) groups is 1. The predicted molar refractivity (Wildman–Crippen MR) is 111 cm³/mol. The van der Waals surface area contributed by atoms with E-state index in [9.17, 15) is 4.79 Å². The van der Waals surface area contributed by atoms with Crippen molar-refractivity contribution in [3.05, 3.63) is 39.8 Å². The first-order valence-electron chi connectivity index (χ1n) is 9.29. The molecule has 1 aliphatic rings. The van der Waals surface area contributed by atoms with Crippen molar-refractivity contribution in [3.8, 4) is 11.5 Å². The quantitative estimate of drug-likeness (QED) is 0.699. The molecule has 28 heavy (non-hydrogen) atoms. The van der Waals surface area contributed by atoms with Crippen LogP contribution in [0.3, 0.4) is 0 Å². The van der Waals surface area contributed by atoms with Gasteiger partial charge < -0.3 is 19.3 Å². The number of aryl methyl sites for hydroxylation is 2. The molecule has 2 heterocycles. The van der Waals surface area contributed by atoms with Crippen LogP contribution >= 0.6 is 15.9 Å². The molecule has 0 N–H and O–H groups in total. The predicted octanol–water partition coefficient (Wildman–Crippen LogP) is 3.23. The Morgan fingerprint density at radius 1 is 1.14 bits per heavy atom. The van der Waals surface area contributed by atoms with Crippen LogP contribution < -0.4 is 14.4 Å². The summed E-state index contributed by atoms with van der Waals surface area (Å²) in [5.41, 5.74) is 1.53. The summed E-state index contributed by atoms with van der Waals surface area (Å²) in [6, 6.07) is 5.51. The minimum Gasteiger partial charge on any atom is -0.493 e. The minimum atomic E-state index is -0.0169. The summed E-state index contributed by atoms with van der Waals surface area (Å²) < 4.78 is 11.7. The molecule has 1 aromatic carbocycles. The molecule has 1 saturated heterocycles. The fraction of sp³-hybridized carbons (Fsp3) is 0.450. The third kappa shape index (κ3) is 4.38. The van der Waals surface area contributed by atoms with E-state index in [2.05, 4.69) is 30.8 Å². The highest BCUT2D eigenvalue weighted by molar-refractivity contribution is 9.10. The van der Waals surface area contributed by atoms with Crippen LogP contribution in [0.4, 0.5) is 5.82 Å². The number of carbonyl (C=O) groups excluding carboxylic acids is 1. The van der Waals surface area contributed by atoms with E-state index >= 15 is 0 Å². The molecule has 0 atom stereocenters. The van der Waals surface area contributed by atoms with Crippen molar-refractivity contribution in [2.24, 2.45) is 0 Å². The summed E-state index contributed by atoms with van der Waals surface area (Å²) in [6.45, 7) is 9.02. The molecular formula is C20H25BrN4O3. The number of methoxy groups -OCH3 is 1. The molecule has 0 radical (unpaired) electrons. The summed E-state index contributed by atoms with van der Waals surface area (Å²) in [7, 11) is 1.57. The van der Waals surface area contributed by atoms with Crippen molar-refractivity contribution in [2.45, 2.75) is 20.8 Å². The third-order valence-corrected chi connectivity index (χ3v) is 5.20. The topological polar surface area (TPSA) is 67.8 Å². The van der Waals surface area contributed by atoms with Crippen LogP contribution in [-0.2, 0) is 0 Å². The first-order chi connectivity index (χ1) is 13.4. The number of anilines is 1. The van der Waals surface area contributed by atoms with Gasteiger partial charge in [-0.2, -0.15) is 0 Å². The maximum atomic E-state index is 13.0. The van der Waals surface area contributed by atoms with Gasteiger partial charge in [0.25, 0.3) is 5.91 Å². The molecule has 2 aromatic rings. The Kier molecular flexibility index (Phi) is 6.39. The van der Waals surface area contributed by atoms with Crippen LogP contribution in [-0.4, -0.2) is 60.7 Å². The number of halogens is 1. The molecule has 1 amide bonds. The van der Waals surface area contributed by atoms with Crippen molar-refractivity contribution in [1.82, 2.24) is 14.9 Å². The molecule has 0 bridgehead atoms. The highest BCUT2D eigenvalue weighted by Crippen LogP contribution is 2.37. The Labute approximate surface area is 173 Å². The smallest absolute Gasteiger partial charge is 0.254 e. The Morgan fingerprint density at radius 3 is 2.46 bits per heavy atom. The number of nitrogens with zero attached hydrogens (tertiary/aromatic N) is 4. The van der Waals surface area contributed by atoms with Crippen molar-refractivity contribution in [3.63, 3.8) is 0 Å². The lowest BCUT2D eigenvalue weighted by Crippen LogP contribution is -2.49. The number of amides is 1. The molecule has 0 saturated carbocycles. The fourth-order valence-electron chi connectivity index (χ4n) is 3.31. The zero-order chi connectivity index (χ0) is 20.3. The van der Waals surface area contributed by atoms with E-state index in [0.29, 0.717) is 41.2 Å². The maximum absolute atomic E-state index is 13.0. The van der Waals surface area contributed by atoms with Gasteiger partial charge in [-0.15, -0.1) is 0 Å². The molecule has 0 unspecified atom stereocenters. The van der Waals surface area contributed by atoms with Crippen LogP contribution in [0, 0.1) is 13.8 Å². The number of benzene rings is 1. The molecule has 1 aliphatic heterocycles. The van der Waals surface area contributed by atoms with Crippen molar-refractivity contribution in [2.75, 3.05) is 44.8 Å². The number of ether oxygens (including phenoxy) is 2. The summed E-state index contributed by atoms with van der Waals surface area (Å²) in [6.07, 6.45) is 0. The van der Waals surface area contributed by atoms with Crippen molar-refractivity contribution < 1.29 is 14.3 Å². The second-order valence-corrected chi connectivity index (χ2v) is 7.47. The summed E-state index contributed by atoms with van der Waals surface area (Å²) in [5, 5.41) is 0. The lowest BCUT2D eigenvalue weighted by molar-refractivity contribution is 0.0746. The van der Waals surface area contributed by atoms with Gasteiger partial charge in [0.05, 0.1) is 18.2 Å². The molecule has 150 valence electrons. The second kappa shape index (κ2) is 8.77. The number of piperazine rings is 1. The SMILES string of the molecule is CCOc1c(Br)cc(C(=O)N2CCN(c3cc(C)nc(C)n3)CC2)cc1OC. The lowest BCUT2D eigenvalue weighted by atomic mass is 10.1. The molecule has 7 nitrogen and oxygen atoms in total. The maximum Gasteiger partial charge on any atom is 0.254 e. The Balaban J connectivity index is 1.72. The summed E-state index contributed by atoms with van der Waals surface area (Å²) >= 11 is 3.49. The molecule has 1 fully saturated rings. The molecular weight excluding hydrogens is 424 g/mol. The summed E-state index contributed by atoms with van der Waals surface area (Å²) in [5.74, 6) is 2.82. The van der Waals surface area contributed by atoms with Gasteiger partial charge in [0, 0.05) is 43.5 Å². The van der Waals surface area contributed by atoms with Gasteiger partial charge in [0.15, 0.2) is 11.5 Å². The molecule has 0 spiro atoms. The minimum absolute atomic E-state index is 0.0169. The monoisotopic (exact) mass is 448 g/mol. The average Bonchev–Trinajstić information content (AvgIpc) is 2.68. The van der Waals surface area contributed by atoms with Gasteiger partial charge in [-0.25, -0.2) is 9.97 Å². The Morgan fingerprint density at radius 2 is 1.86 bits per heavy atom. The largest absolute Gasteiger partial charge is 0.493 e. The van der Waals surface area contributed by atoms with E-state index in [4.69, 9.17) is 9.47 Å². The number of hydrogen-bond donors (Lipinski definition) is 0. The molecule has 0 aliphatic carbocycles. The van der Waals surface area contributed by atoms with Gasteiger partial charge in [-0.05, 0) is 48.8 Å². The van der Waals surface area contributed by atoms with Gasteiger partial charge in [-0.3, -0.25) is 4.79 Å². The lowest BCUT2D eigenvalue weighted by Gasteiger charge is -2.35.